The Kier molecular flexibility index (Phi) is 27.4. The Balaban J connectivity index is 0.000000203. The molecule has 0 saturated heterocycles. The van der Waals surface area contributed by atoms with Gasteiger partial charge in [-0.25, -0.2) is 14.4 Å². The number of unbranched alkanes of at least 4 members (excludes halogenated alkanes) is 3. The number of aliphatic carboxylic acids is 3. The van der Waals surface area contributed by atoms with Gasteiger partial charge in [-0.1, -0.05) is 227 Å². The Morgan fingerprint density at radius 2 is 0.583 bits per heavy atom. The summed E-state index contributed by atoms with van der Waals surface area (Å²) in [7, 11) is 0. The Morgan fingerprint density at radius 1 is 0.354 bits per heavy atom. The SMILES string of the molecule is CCCCC(=O)N(Cc1ccc(-c2ccccc2-c2nn[nH]n2)cc1)[C@@H](C(=O)O)C(C)C.CCCCC(=O)N(Cc1ccc(-c2ccccc2-c2nn[nH]n2)cc1)[C@H](C(=O)O)C(C)C.CCCCC(=O)N(Cc1ccc(-c2ccccc2-c2nn[nH]n2)cc1)[C@H](C(=O)O)C(C)C. The van der Waals surface area contributed by atoms with Gasteiger partial charge in [-0.3, -0.25) is 14.4 Å². The molecule has 3 amide bonds. The lowest BCUT2D eigenvalue weighted by atomic mass is 9.97. The number of hydrogen-bond acceptors (Lipinski definition) is 15. The number of benzene rings is 6. The van der Waals surface area contributed by atoms with E-state index in [4.69, 9.17) is 0 Å². The van der Waals surface area contributed by atoms with E-state index in [1.807, 2.05) is 208 Å². The number of carboxylic acids is 3. The zero-order valence-corrected chi connectivity index (χ0v) is 56.0. The number of carbonyl (C=O) groups excluding carboxylic acids is 3. The molecule has 24 nitrogen and oxygen atoms in total. The zero-order valence-electron chi connectivity index (χ0n) is 56.0. The highest BCUT2D eigenvalue weighted by atomic mass is 16.4. The van der Waals surface area contributed by atoms with Crippen molar-refractivity contribution in [3.8, 4) is 67.5 Å². The molecule has 0 aliphatic rings. The van der Waals surface area contributed by atoms with Crippen LogP contribution in [0.3, 0.4) is 0 Å². The van der Waals surface area contributed by atoms with Gasteiger partial charge >= 0.3 is 17.9 Å². The van der Waals surface area contributed by atoms with E-state index in [1.165, 1.54) is 14.7 Å². The molecule has 3 heterocycles. The Bertz CT molecular complexity index is 3500. The van der Waals surface area contributed by atoms with Gasteiger partial charge in [0.05, 0.1) is 0 Å². The van der Waals surface area contributed by atoms with Crippen molar-refractivity contribution in [2.75, 3.05) is 0 Å². The van der Waals surface area contributed by atoms with Gasteiger partial charge in [0.15, 0.2) is 0 Å². The highest BCUT2D eigenvalue weighted by Crippen LogP contribution is 2.34. The number of carboxylic acid groups (broad SMARTS) is 3. The molecule has 0 unspecified atom stereocenters. The van der Waals surface area contributed by atoms with Gasteiger partial charge < -0.3 is 30.0 Å². The van der Waals surface area contributed by atoms with E-state index < -0.39 is 36.0 Å². The fourth-order valence-corrected chi connectivity index (χ4v) is 11.4. The molecule has 0 spiro atoms. The zero-order chi connectivity index (χ0) is 69.3. The third-order valence-corrected chi connectivity index (χ3v) is 16.2. The van der Waals surface area contributed by atoms with Crippen LogP contribution in [0.5, 0.6) is 0 Å². The Hall–Kier alpha value is -10.7. The molecule has 6 aromatic carbocycles. The summed E-state index contributed by atoms with van der Waals surface area (Å²) < 4.78 is 0. The van der Waals surface area contributed by atoms with Crippen LogP contribution < -0.4 is 0 Å². The van der Waals surface area contributed by atoms with Gasteiger partial charge in [0.1, 0.15) is 18.1 Å². The molecule has 96 heavy (non-hydrogen) atoms. The fraction of sp³-hybridized carbons (Fsp3) is 0.375. The van der Waals surface area contributed by atoms with Crippen molar-refractivity contribution in [1.82, 2.24) is 76.6 Å². The highest BCUT2D eigenvalue weighted by molar-refractivity contribution is 5.87. The van der Waals surface area contributed by atoms with Crippen LogP contribution in [-0.4, -0.2) is 146 Å². The van der Waals surface area contributed by atoms with Crippen LogP contribution >= 0.6 is 0 Å². The van der Waals surface area contributed by atoms with Crippen LogP contribution in [0.25, 0.3) is 67.5 Å². The predicted molar refractivity (Wildman–Crippen MR) is 364 cm³/mol. The molecule has 6 N–H and O–H groups in total. The van der Waals surface area contributed by atoms with Crippen molar-refractivity contribution in [3.63, 3.8) is 0 Å². The van der Waals surface area contributed by atoms with Crippen molar-refractivity contribution in [1.29, 1.82) is 0 Å². The standard InChI is InChI=1S/3C24H29N5O3/c3*1-4-5-10-21(30)29(22(16(2)3)24(31)32)15-17-11-13-18(14-12-17)19-8-6-7-9-20(19)23-25-27-28-26-23/h3*6-9,11-14,16,22H,4-5,10,15H2,1-3H3,(H,31,32)(H,25,26,27,28)/t3*22-/m100/s1. The van der Waals surface area contributed by atoms with Gasteiger partial charge in [-0.2, -0.15) is 15.6 Å². The van der Waals surface area contributed by atoms with Crippen LogP contribution in [0.15, 0.2) is 146 Å². The molecule has 0 bridgehead atoms. The molecule has 0 fully saturated rings. The molecular formula is C72H87N15O9. The smallest absolute Gasteiger partial charge is 0.326 e. The number of nitrogens with zero attached hydrogens (tertiary/aromatic N) is 12. The predicted octanol–water partition coefficient (Wildman–Crippen LogP) is 12.5. The minimum Gasteiger partial charge on any atom is -0.480 e. The van der Waals surface area contributed by atoms with Crippen LogP contribution in [-0.2, 0) is 48.4 Å². The van der Waals surface area contributed by atoms with Gasteiger partial charge in [0.25, 0.3) is 0 Å². The Labute approximate surface area is 559 Å². The van der Waals surface area contributed by atoms with Crippen LogP contribution in [0.2, 0.25) is 0 Å². The summed E-state index contributed by atoms with van der Waals surface area (Å²) in [5.41, 5.74) is 11.0. The monoisotopic (exact) mass is 1310 g/mol. The minimum absolute atomic E-state index is 0.125. The number of tetrazole rings is 3. The van der Waals surface area contributed by atoms with E-state index in [2.05, 4.69) is 61.9 Å². The molecule has 9 aromatic rings. The summed E-state index contributed by atoms with van der Waals surface area (Å²) >= 11 is 0. The second kappa shape index (κ2) is 36.1. The minimum atomic E-state index is -0.976. The average molecular weight is 1310 g/mol. The molecule has 504 valence electrons. The van der Waals surface area contributed by atoms with E-state index in [0.29, 0.717) is 36.7 Å². The van der Waals surface area contributed by atoms with E-state index in [9.17, 15) is 44.1 Å². The third-order valence-electron chi connectivity index (χ3n) is 16.2. The average Bonchev–Trinajstić information content (AvgIpc) is 1.37. The quantitative estimate of drug-likeness (QED) is 0.0244. The molecule has 0 aliphatic heterocycles. The van der Waals surface area contributed by atoms with Crippen LogP contribution in [0.4, 0.5) is 0 Å². The number of aromatic nitrogens is 12. The first-order chi connectivity index (χ1) is 46.3. The second-order valence-corrected chi connectivity index (χ2v) is 24.4. The topological polar surface area (TPSA) is 336 Å². The van der Waals surface area contributed by atoms with Gasteiger partial charge in [-0.05, 0) is 103 Å². The van der Waals surface area contributed by atoms with Crippen molar-refractivity contribution >= 4 is 35.6 Å². The number of H-pyrrole nitrogens is 3. The molecular weight excluding hydrogens is 1220 g/mol. The normalized spacial score (nSPS) is 12.0. The van der Waals surface area contributed by atoms with Crippen molar-refractivity contribution in [3.05, 3.63) is 162 Å². The molecule has 3 aromatic heterocycles. The van der Waals surface area contributed by atoms with E-state index in [1.54, 1.807) is 0 Å². The van der Waals surface area contributed by atoms with Gasteiger partial charge in [0, 0.05) is 55.6 Å². The van der Waals surface area contributed by atoms with Crippen LogP contribution in [0.1, 0.15) is 137 Å². The lowest BCUT2D eigenvalue weighted by molar-refractivity contribution is -0.153. The number of aromatic amines is 3. The summed E-state index contributed by atoms with van der Waals surface area (Å²) in [6.45, 7) is 17.8. The summed E-state index contributed by atoms with van der Waals surface area (Å²) in [5, 5.41) is 72.1. The fourth-order valence-electron chi connectivity index (χ4n) is 11.4. The lowest BCUT2D eigenvalue weighted by Gasteiger charge is -2.32. The molecule has 0 saturated carbocycles. The maximum Gasteiger partial charge on any atom is 0.326 e. The number of carbonyl (C=O) groups is 6. The Morgan fingerprint density at radius 3 is 0.771 bits per heavy atom. The number of amides is 3. The maximum atomic E-state index is 12.9. The largest absolute Gasteiger partial charge is 0.480 e. The van der Waals surface area contributed by atoms with Crippen molar-refractivity contribution in [2.45, 2.75) is 158 Å². The van der Waals surface area contributed by atoms with E-state index >= 15 is 0 Å². The lowest BCUT2D eigenvalue weighted by Crippen LogP contribution is -2.47. The second-order valence-electron chi connectivity index (χ2n) is 24.4. The highest BCUT2D eigenvalue weighted by Gasteiger charge is 2.35. The molecule has 3 atom stereocenters. The summed E-state index contributed by atoms with van der Waals surface area (Å²) in [4.78, 5) is 78.9. The van der Waals surface area contributed by atoms with Crippen molar-refractivity contribution < 1.29 is 44.1 Å². The molecule has 24 heteroatoms. The van der Waals surface area contributed by atoms with E-state index in [-0.39, 0.29) is 55.1 Å². The first-order valence-corrected chi connectivity index (χ1v) is 32.6. The summed E-state index contributed by atoms with van der Waals surface area (Å²) in [5.74, 6) is -2.35. The number of hydrogen-bond donors (Lipinski definition) is 6. The van der Waals surface area contributed by atoms with E-state index in [0.717, 1.165) is 105 Å². The third kappa shape index (κ3) is 19.7. The van der Waals surface area contributed by atoms with Gasteiger partial charge in [0.2, 0.25) is 35.2 Å². The molecule has 0 aliphatic carbocycles. The van der Waals surface area contributed by atoms with Crippen LogP contribution in [0, 0.1) is 17.8 Å². The number of nitrogens with one attached hydrogen (secondary N) is 3. The molecule has 9 rings (SSSR count). The summed E-state index contributed by atoms with van der Waals surface area (Å²) in [6.07, 6.45) is 5.92. The van der Waals surface area contributed by atoms with Gasteiger partial charge in [-0.15, -0.1) is 30.6 Å². The summed E-state index contributed by atoms with van der Waals surface area (Å²) in [6, 6.07) is 44.2. The number of rotatable bonds is 30. The first-order valence-electron chi connectivity index (χ1n) is 32.6. The maximum absolute atomic E-state index is 12.9. The van der Waals surface area contributed by atoms with Crippen molar-refractivity contribution in [2.24, 2.45) is 17.8 Å². The first kappa shape index (κ1) is 72.8. The molecule has 0 radical (unpaired) electrons.